The molecule has 234 valence electrons. The van der Waals surface area contributed by atoms with Gasteiger partial charge in [0.05, 0.1) is 6.54 Å². The normalized spacial score (nSPS) is 14.0. The number of hydrazine groups is 1. The molecular weight excluding hydrogens is 560 g/mol. The summed E-state index contributed by atoms with van der Waals surface area (Å²) < 4.78 is 5.58. The van der Waals surface area contributed by atoms with Gasteiger partial charge >= 0.3 is 6.09 Å². The largest absolute Gasteiger partial charge is 0.444 e. The molecular formula is C38H44N4O3. The van der Waals surface area contributed by atoms with Gasteiger partial charge in [0, 0.05) is 36.8 Å². The highest BCUT2D eigenvalue weighted by atomic mass is 16.6. The maximum atomic E-state index is 13.1. The molecule has 0 atom stereocenters. The Balaban J connectivity index is 1.27. The minimum absolute atomic E-state index is 0.112. The lowest BCUT2D eigenvalue weighted by molar-refractivity contribution is -0.109. The summed E-state index contributed by atoms with van der Waals surface area (Å²) in [7, 11) is 0. The van der Waals surface area contributed by atoms with Gasteiger partial charge in [-0.25, -0.2) is 15.2 Å². The number of piperidine rings is 1. The molecule has 0 spiro atoms. The average Bonchev–Trinajstić information content (AvgIpc) is 3.10. The molecule has 1 amide bonds. The quantitative estimate of drug-likeness (QED) is 0.117. The summed E-state index contributed by atoms with van der Waals surface area (Å²) >= 11 is 0. The van der Waals surface area contributed by atoms with Crippen molar-refractivity contribution in [2.24, 2.45) is 0 Å². The number of nitrogens with zero attached hydrogens (tertiary/aromatic N) is 2. The van der Waals surface area contributed by atoms with Crippen LogP contribution in [0, 0.1) is 0 Å². The van der Waals surface area contributed by atoms with Crippen molar-refractivity contribution in [2.45, 2.75) is 43.7 Å². The minimum Gasteiger partial charge on any atom is -0.444 e. The molecule has 1 aliphatic heterocycles. The number of aldehydes is 1. The predicted molar refractivity (Wildman–Crippen MR) is 180 cm³/mol. The monoisotopic (exact) mass is 604 g/mol. The maximum absolute atomic E-state index is 13.1. The molecule has 2 N–H and O–H groups in total. The van der Waals surface area contributed by atoms with Crippen LogP contribution in [0.3, 0.4) is 0 Å². The highest BCUT2D eigenvalue weighted by molar-refractivity contribution is 5.70. The summed E-state index contributed by atoms with van der Waals surface area (Å²) in [4.78, 5) is 27.3. The van der Waals surface area contributed by atoms with Crippen LogP contribution in [0.4, 0.5) is 10.5 Å². The van der Waals surface area contributed by atoms with Gasteiger partial charge in [0.25, 0.3) is 0 Å². The summed E-state index contributed by atoms with van der Waals surface area (Å²) in [6, 6.07) is 41.4. The zero-order valence-corrected chi connectivity index (χ0v) is 25.9. The predicted octanol–water partition coefficient (Wildman–Crippen LogP) is 6.67. The Bertz CT molecular complexity index is 1390. The van der Waals surface area contributed by atoms with E-state index in [1.165, 1.54) is 10.7 Å². The van der Waals surface area contributed by atoms with Crippen LogP contribution < -0.4 is 10.7 Å². The van der Waals surface area contributed by atoms with E-state index < -0.39 is 11.5 Å². The van der Waals surface area contributed by atoms with Crippen LogP contribution in [0.25, 0.3) is 0 Å². The zero-order chi connectivity index (χ0) is 31.2. The van der Waals surface area contributed by atoms with E-state index in [4.69, 9.17) is 4.74 Å². The van der Waals surface area contributed by atoms with Crippen LogP contribution >= 0.6 is 0 Å². The van der Waals surface area contributed by atoms with E-state index in [1.54, 1.807) is 0 Å². The SMILES string of the molecule is O=CCN(NCC(CCCN1CCC(Nc2ccccc2)CC1)(c1ccccc1)c1ccccc1)C(=O)OCc1ccccc1. The zero-order valence-electron chi connectivity index (χ0n) is 25.9. The van der Waals surface area contributed by atoms with Gasteiger partial charge in [-0.15, -0.1) is 0 Å². The Morgan fingerprint density at radius 1 is 0.822 bits per heavy atom. The molecule has 0 radical (unpaired) electrons. The lowest BCUT2D eigenvalue weighted by Crippen LogP contribution is -2.51. The first-order valence-electron chi connectivity index (χ1n) is 16.0. The maximum Gasteiger partial charge on any atom is 0.424 e. The molecule has 0 saturated carbocycles. The topological polar surface area (TPSA) is 73.9 Å². The molecule has 4 aromatic rings. The summed E-state index contributed by atoms with van der Waals surface area (Å²) in [6.07, 6.45) is 4.22. The molecule has 0 unspecified atom stereocenters. The number of para-hydroxylation sites is 1. The van der Waals surface area contributed by atoms with Gasteiger partial charge in [-0.2, -0.15) is 0 Å². The standard InChI is InChI=1S/C38H44N4O3/c43-29-28-42(37(44)45-30-32-14-5-1-6-15-32)39-31-38(33-16-7-2-8-17-33,34-18-9-3-10-19-34)24-13-25-41-26-22-36(23-27-41)40-35-20-11-4-12-21-35/h1-12,14-21,29,36,39-40H,13,22-28,30-31H2. The fourth-order valence-electron chi connectivity index (χ4n) is 6.24. The van der Waals surface area contributed by atoms with E-state index in [9.17, 15) is 9.59 Å². The number of ether oxygens (including phenoxy) is 1. The molecule has 1 aliphatic rings. The van der Waals surface area contributed by atoms with E-state index in [1.807, 2.05) is 48.5 Å². The number of benzene rings is 4. The van der Waals surface area contributed by atoms with E-state index in [-0.39, 0.29) is 13.2 Å². The number of likely N-dealkylation sites (tertiary alicyclic amines) is 1. The second kappa shape index (κ2) is 16.6. The first kappa shape index (κ1) is 31.9. The summed E-state index contributed by atoms with van der Waals surface area (Å²) in [5.41, 5.74) is 7.29. The summed E-state index contributed by atoms with van der Waals surface area (Å²) in [6.45, 7) is 3.57. The van der Waals surface area contributed by atoms with Crippen molar-refractivity contribution in [1.82, 2.24) is 15.3 Å². The lowest BCUT2D eigenvalue weighted by atomic mass is 9.71. The van der Waals surface area contributed by atoms with Gasteiger partial charge in [-0.3, -0.25) is 0 Å². The van der Waals surface area contributed by atoms with E-state index in [0.717, 1.165) is 68.3 Å². The minimum atomic E-state index is -0.576. The highest BCUT2D eigenvalue weighted by Crippen LogP contribution is 2.37. The van der Waals surface area contributed by atoms with Gasteiger partial charge < -0.3 is 19.7 Å². The molecule has 0 bridgehead atoms. The van der Waals surface area contributed by atoms with Crippen molar-refractivity contribution in [2.75, 3.05) is 38.0 Å². The molecule has 1 heterocycles. The third-order valence-corrected chi connectivity index (χ3v) is 8.72. The molecule has 4 aromatic carbocycles. The Hall–Kier alpha value is -4.46. The molecule has 0 aromatic heterocycles. The van der Waals surface area contributed by atoms with Crippen LogP contribution in [-0.2, 0) is 21.6 Å². The lowest BCUT2D eigenvalue weighted by Gasteiger charge is -2.38. The molecule has 45 heavy (non-hydrogen) atoms. The van der Waals surface area contributed by atoms with Crippen molar-refractivity contribution >= 4 is 18.1 Å². The van der Waals surface area contributed by atoms with E-state index in [0.29, 0.717) is 12.6 Å². The van der Waals surface area contributed by atoms with Crippen molar-refractivity contribution in [1.29, 1.82) is 0 Å². The molecule has 5 rings (SSSR count). The number of hydrogen-bond donors (Lipinski definition) is 2. The first-order chi connectivity index (χ1) is 22.2. The number of amides is 1. The summed E-state index contributed by atoms with van der Waals surface area (Å²) in [5, 5.41) is 4.98. The molecule has 0 aliphatic carbocycles. The number of anilines is 1. The highest BCUT2D eigenvalue weighted by Gasteiger charge is 2.35. The Kier molecular flexibility index (Phi) is 11.8. The smallest absolute Gasteiger partial charge is 0.424 e. The average molecular weight is 605 g/mol. The molecule has 7 nitrogen and oxygen atoms in total. The van der Waals surface area contributed by atoms with Crippen LogP contribution in [0.2, 0.25) is 0 Å². The second-order valence-electron chi connectivity index (χ2n) is 11.7. The van der Waals surface area contributed by atoms with Crippen LogP contribution in [0.5, 0.6) is 0 Å². The molecule has 1 fully saturated rings. The van der Waals surface area contributed by atoms with Gasteiger partial charge in [-0.1, -0.05) is 109 Å². The Morgan fingerprint density at radius 2 is 1.38 bits per heavy atom. The van der Waals surface area contributed by atoms with Crippen LogP contribution in [0.15, 0.2) is 121 Å². The third-order valence-electron chi connectivity index (χ3n) is 8.72. The van der Waals surface area contributed by atoms with Crippen LogP contribution in [-0.4, -0.2) is 61.1 Å². The van der Waals surface area contributed by atoms with Gasteiger partial charge in [0.2, 0.25) is 0 Å². The molecule has 1 saturated heterocycles. The van der Waals surface area contributed by atoms with Gasteiger partial charge in [0.15, 0.2) is 0 Å². The Morgan fingerprint density at radius 3 is 1.96 bits per heavy atom. The van der Waals surface area contributed by atoms with E-state index in [2.05, 4.69) is 88.4 Å². The summed E-state index contributed by atoms with van der Waals surface area (Å²) in [5.74, 6) is 0. The Labute approximate surface area is 267 Å². The number of carbonyl (C=O) groups is 2. The first-order valence-corrected chi connectivity index (χ1v) is 16.0. The van der Waals surface area contributed by atoms with Crippen molar-refractivity contribution in [3.63, 3.8) is 0 Å². The fourth-order valence-corrected chi connectivity index (χ4v) is 6.24. The fraction of sp³-hybridized carbons (Fsp3) is 0.316. The third kappa shape index (κ3) is 9.03. The number of carbonyl (C=O) groups excluding carboxylic acids is 2. The number of hydrogen-bond acceptors (Lipinski definition) is 6. The molecule has 7 heteroatoms. The number of rotatable bonds is 15. The van der Waals surface area contributed by atoms with Gasteiger partial charge in [0.1, 0.15) is 12.9 Å². The number of nitrogens with one attached hydrogen (secondary N) is 2. The second-order valence-corrected chi connectivity index (χ2v) is 11.7. The van der Waals surface area contributed by atoms with Crippen molar-refractivity contribution < 1.29 is 14.3 Å². The van der Waals surface area contributed by atoms with E-state index >= 15 is 0 Å². The van der Waals surface area contributed by atoms with Crippen LogP contribution in [0.1, 0.15) is 42.4 Å². The van der Waals surface area contributed by atoms with Crippen molar-refractivity contribution in [3.8, 4) is 0 Å². The van der Waals surface area contributed by atoms with Crippen molar-refractivity contribution in [3.05, 3.63) is 138 Å². The van der Waals surface area contributed by atoms with Gasteiger partial charge in [-0.05, 0) is 61.1 Å².